The average Bonchev–Trinajstić information content (AvgIpc) is 2.84. The number of ether oxygens (including phenoxy) is 1. The maximum Gasteiger partial charge on any atom is 0.410 e. The second kappa shape index (κ2) is 6.76. The molecule has 23 heavy (non-hydrogen) atoms. The lowest BCUT2D eigenvalue weighted by Gasteiger charge is -2.28. The summed E-state index contributed by atoms with van der Waals surface area (Å²) in [5.74, 6) is -0.143. The highest BCUT2D eigenvalue weighted by atomic mass is 79.9. The van der Waals surface area contributed by atoms with E-state index < -0.39 is 21.5 Å². The molecule has 0 saturated carbocycles. The molecule has 0 radical (unpaired) electrons. The summed E-state index contributed by atoms with van der Waals surface area (Å²) >= 11 is 3.18. The molecule has 1 aliphatic rings. The molecule has 1 aromatic rings. The molecule has 1 fully saturated rings. The predicted octanol–water partition coefficient (Wildman–Crippen LogP) is 3.02. The molecule has 2 heterocycles. The van der Waals surface area contributed by atoms with Crippen molar-refractivity contribution in [2.24, 2.45) is 0 Å². The van der Waals surface area contributed by atoms with Gasteiger partial charge < -0.3 is 9.64 Å². The summed E-state index contributed by atoms with van der Waals surface area (Å²) in [5.41, 5.74) is -0.602. The van der Waals surface area contributed by atoms with Crippen LogP contribution in [0.15, 0.2) is 27.8 Å². The SMILES string of the molecule is CC(C)(C)OC(=O)N1CCC[C@@H]1CS(=O)(=O)c1cccc(Br)n1. The van der Waals surface area contributed by atoms with Crippen LogP contribution in [0.2, 0.25) is 0 Å². The topological polar surface area (TPSA) is 76.6 Å². The van der Waals surface area contributed by atoms with Crippen LogP contribution in [0.4, 0.5) is 4.79 Å². The fraction of sp³-hybridized carbons (Fsp3) is 0.600. The van der Waals surface area contributed by atoms with E-state index in [1.807, 2.05) is 0 Å². The smallest absolute Gasteiger partial charge is 0.410 e. The van der Waals surface area contributed by atoms with E-state index in [0.717, 1.165) is 6.42 Å². The zero-order valence-corrected chi connectivity index (χ0v) is 15.9. The lowest BCUT2D eigenvalue weighted by molar-refractivity contribution is 0.0241. The first-order chi connectivity index (χ1) is 10.6. The second-order valence-corrected chi connectivity index (χ2v) is 9.34. The zero-order valence-electron chi connectivity index (χ0n) is 13.5. The van der Waals surface area contributed by atoms with E-state index in [0.29, 0.717) is 17.6 Å². The van der Waals surface area contributed by atoms with Gasteiger partial charge in [-0.1, -0.05) is 6.07 Å². The molecule has 1 aliphatic heterocycles. The van der Waals surface area contributed by atoms with Gasteiger partial charge in [-0.3, -0.25) is 0 Å². The van der Waals surface area contributed by atoms with Gasteiger partial charge >= 0.3 is 6.09 Å². The molecule has 1 atom stereocenters. The maximum atomic E-state index is 12.5. The molecule has 128 valence electrons. The molecule has 1 saturated heterocycles. The number of carbonyl (C=O) groups is 1. The largest absolute Gasteiger partial charge is 0.444 e. The van der Waals surface area contributed by atoms with E-state index in [-0.39, 0.29) is 16.8 Å². The number of sulfone groups is 1. The Kier molecular flexibility index (Phi) is 5.35. The van der Waals surface area contributed by atoms with Crippen molar-refractivity contribution >= 4 is 31.9 Å². The number of halogens is 1. The van der Waals surface area contributed by atoms with Crippen LogP contribution in [0.25, 0.3) is 0 Å². The molecule has 1 aromatic heterocycles. The fourth-order valence-corrected chi connectivity index (χ4v) is 4.48. The summed E-state index contributed by atoms with van der Waals surface area (Å²) in [7, 11) is -3.57. The van der Waals surface area contributed by atoms with Crippen molar-refractivity contribution in [2.75, 3.05) is 12.3 Å². The quantitative estimate of drug-likeness (QED) is 0.723. The summed E-state index contributed by atoms with van der Waals surface area (Å²) in [6, 6.07) is 4.38. The van der Waals surface area contributed by atoms with Crippen LogP contribution in [0.1, 0.15) is 33.6 Å². The number of pyridine rings is 1. The lowest BCUT2D eigenvalue weighted by Crippen LogP contribution is -2.42. The monoisotopic (exact) mass is 404 g/mol. The van der Waals surface area contributed by atoms with E-state index in [1.54, 1.807) is 32.9 Å². The molecule has 0 bridgehead atoms. The highest BCUT2D eigenvalue weighted by Gasteiger charge is 2.35. The van der Waals surface area contributed by atoms with Crippen molar-refractivity contribution in [3.05, 3.63) is 22.8 Å². The van der Waals surface area contributed by atoms with Crippen LogP contribution in [0.3, 0.4) is 0 Å². The summed E-state index contributed by atoms with van der Waals surface area (Å²) in [4.78, 5) is 17.8. The lowest BCUT2D eigenvalue weighted by atomic mass is 10.2. The van der Waals surface area contributed by atoms with E-state index in [9.17, 15) is 13.2 Å². The van der Waals surface area contributed by atoms with Gasteiger partial charge in [-0.15, -0.1) is 0 Å². The Bertz CT molecular complexity index is 685. The number of likely N-dealkylation sites (tertiary alicyclic amines) is 1. The van der Waals surface area contributed by atoms with E-state index in [2.05, 4.69) is 20.9 Å². The molecule has 6 nitrogen and oxygen atoms in total. The third-order valence-corrected chi connectivity index (χ3v) is 5.56. The average molecular weight is 405 g/mol. The number of carbonyl (C=O) groups excluding carboxylic acids is 1. The van der Waals surface area contributed by atoms with Crippen LogP contribution in [0, 0.1) is 0 Å². The molecule has 0 spiro atoms. The Morgan fingerprint density at radius 2 is 2.13 bits per heavy atom. The Balaban J connectivity index is 2.13. The minimum absolute atomic E-state index is 0.0166. The van der Waals surface area contributed by atoms with Gasteiger partial charge in [-0.05, 0) is 61.7 Å². The number of hydrogen-bond donors (Lipinski definition) is 0. The minimum Gasteiger partial charge on any atom is -0.444 e. The van der Waals surface area contributed by atoms with Crippen LogP contribution in [-0.2, 0) is 14.6 Å². The summed E-state index contributed by atoms with van der Waals surface area (Å²) < 4.78 is 30.9. The maximum absolute atomic E-state index is 12.5. The van der Waals surface area contributed by atoms with Crippen LogP contribution in [-0.4, -0.2) is 48.3 Å². The van der Waals surface area contributed by atoms with Crippen molar-refractivity contribution in [3.63, 3.8) is 0 Å². The Labute approximate surface area is 145 Å². The van der Waals surface area contributed by atoms with E-state index in [1.165, 1.54) is 11.0 Å². The third kappa shape index (κ3) is 4.91. The Morgan fingerprint density at radius 1 is 1.43 bits per heavy atom. The number of rotatable bonds is 3. The van der Waals surface area contributed by atoms with Crippen molar-refractivity contribution < 1.29 is 17.9 Å². The Hall–Kier alpha value is -1.15. The number of amides is 1. The number of nitrogens with zero attached hydrogens (tertiary/aromatic N) is 2. The standard InChI is InChI=1S/C15H21BrN2O4S/c1-15(2,3)22-14(19)18-9-5-6-11(18)10-23(20,21)13-8-4-7-12(16)17-13/h4,7-8,11H,5-6,9-10H2,1-3H3/t11-/m1/s1. The molecular formula is C15H21BrN2O4S. The molecule has 0 aliphatic carbocycles. The van der Waals surface area contributed by atoms with Crippen LogP contribution < -0.4 is 0 Å². The van der Waals surface area contributed by atoms with Crippen molar-refractivity contribution in [2.45, 2.75) is 50.3 Å². The van der Waals surface area contributed by atoms with Gasteiger partial charge in [0.1, 0.15) is 10.2 Å². The fourth-order valence-electron chi connectivity index (χ4n) is 2.47. The van der Waals surface area contributed by atoms with Gasteiger partial charge in [0.15, 0.2) is 14.9 Å². The molecule has 2 rings (SSSR count). The molecule has 0 N–H and O–H groups in total. The summed E-state index contributed by atoms with van der Waals surface area (Å²) in [6.45, 7) is 5.88. The summed E-state index contributed by atoms with van der Waals surface area (Å²) in [5, 5.41) is 0.0166. The highest BCUT2D eigenvalue weighted by molar-refractivity contribution is 9.10. The van der Waals surface area contributed by atoms with Gasteiger partial charge in [-0.2, -0.15) is 0 Å². The molecule has 8 heteroatoms. The van der Waals surface area contributed by atoms with Crippen molar-refractivity contribution in [1.82, 2.24) is 9.88 Å². The van der Waals surface area contributed by atoms with Crippen LogP contribution in [0.5, 0.6) is 0 Å². The van der Waals surface area contributed by atoms with E-state index in [4.69, 9.17) is 4.74 Å². The van der Waals surface area contributed by atoms with Gasteiger partial charge in [0.2, 0.25) is 0 Å². The second-order valence-electron chi connectivity index (χ2n) is 6.55. The first-order valence-electron chi connectivity index (χ1n) is 7.43. The minimum atomic E-state index is -3.57. The van der Waals surface area contributed by atoms with E-state index >= 15 is 0 Å². The molecule has 1 amide bonds. The molecule has 0 unspecified atom stereocenters. The molecule has 0 aromatic carbocycles. The highest BCUT2D eigenvalue weighted by Crippen LogP contribution is 2.24. The molecular weight excluding hydrogens is 384 g/mol. The summed E-state index contributed by atoms with van der Waals surface area (Å²) in [6.07, 6.45) is 0.954. The first kappa shape index (κ1) is 18.2. The predicted molar refractivity (Wildman–Crippen MR) is 90.0 cm³/mol. The normalized spacial score (nSPS) is 19.0. The Morgan fingerprint density at radius 3 is 2.74 bits per heavy atom. The van der Waals surface area contributed by atoms with Gasteiger partial charge in [-0.25, -0.2) is 18.2 Å². The zero-order chi connectivity index (χ0) is 17.3. The van der Waals surface area contributed by atoms with Gasteiger partial charge in [0.25, 0.3) is 0 Å². The van der Waals surface area contributed by atoms with Crippen LogP contribution >= 0.6 is 15.9 Å². The first-order valence-corrected chi connectivity index (χ1v) is 9.88. The van der Waals surface area contributed by atoms with Gasteiger partial charge in [0.05, 0.1) is 5.75 Å². The van der Waals surface area contributed by atoms with Gasteiger partial charge in [0, 0.05) is 12.6 Å². The van der Waals surface area contributed by atoms with Crippen molar-refractivity contribution in [3.8, 4) is 0 Å². The number of aromatic nitrogens is 1. The number of hydrogen-bond acceptors (Lipinski definition) is 5. The third-order valence-electron chi connectivity index (χ3n) is 3.43. The van der Waals surface area contributed by atoms with Crippen molar-refractivity contribution in [1.29, 1.82) is 0 Å².